The van der Waals surface area contributed by atoms with Crippen LogP contribution in [0.4, 0.5) is 15.8 Å². The predicted octanol–water partition coefficient (Wildman–Crippen LogP) is 3.38. The fraction of sp³-hybridized carbons (Fsp3) is 0. The number of nitro groups is 1. The highest BCUT2D eigenvalue weighted by Gasteiger charge is 2.17. The lowest BCUT2D eigenvalue weighted by Crippen LogP contribution is -2.12. The van der Waals surface area contributed by atoms with E-state index in [1.54, 1.807) is 6.07 Å². The standard InChI is InChI=1S/C16H11FN4O3/c17-12-7-6-11(8-15(12)21(23)24)18-16(22)14-9-13(19-20-14)10-4-2-1-3-5-10/h1-9H,(H,18,22)(H,19,20). The summed E-state index contributed by atoms with van der Waals surface area (Å²) >= 11 is 0. The maximum Gasteiger partial charge on any atom is 0.306 e. The fourth-order valence-electron chi connectivity index (χ4n) is 2.12. The molecule has 0 saturated heterocycles. The number of aromatic nitrogens is 2. The summed E-state index contributed by atoms with van der Waals surface area (Å²) in [5.74, 6) is -1.50. The average molecular weight is 326 g/mol. The first kappa shape index (κ1) is 15.3. The molecule has 7 nitrogen and oxygen atoms in total. The number of anilines is 1. The molecule has 3 aromatic rings. The summed E-state index contributed by atoms with van der Waals surface area (Å²) in [6.45, 7) is 0. The van der Waals surface area contributed by atoms with Gasteiger partial charge >= 0.3 is 5.69 Å². The van der Waals surface area contributed by atoms with E-state index in [0.29, 0.717) is 5.69 Å². The number of halogens is 1. The number of nitrogens with zero attached hydrogens (tertiary/aromatic N) is 2. The second kappa shape index (κ2) is 6.29. The zero-order valence-corrected chi connectivity index (χ0v) is 12.2. The molecule has 2 aromatic carbocycles. The number of rotatable bonds is 4. The van der Waals surface area contributed by atoms with E-state index in [-0.39, 0.29) is 11.4 Å². The molecule has 0 bridgehead atoms. The van der Waals surface area contributed by atoms with Crippen molar-refractivity contribution in [3.63, 3.8) is 0 Å². The zero-order valence-electron chi connectivity index (χ0n) is 12.2. The fourth-order valence-corrected chi connectivity index (χ4v) is 2.12. The lowest BCUT2D eigenvalue weighted by atomic mass is 10.1. The topological polar surface area (TPSA) is 101 Å². The molecule has 3 rings (SSSR count). The number of nitrogens with one attached hydrogen (secondary N) is 2. The first-order valence-corrected chi connectivity index (χ1v) is 6.91. The lowest BCUT2D eigenvalue weighted by Gasteiger charge is -2.03. The van der Waals surface area contributed by atoms with Crippen molar-refractivity contribution in [3.05, 3.63) is 76.2 Å². The number of amides is 1. The van der Waals surface area contributed by atoms with Gasteiger partial charge in [-0.2, -0.15) is 9.49 Å². The van der Waals surface area contributed by atoms with Gasteiger partial charge in [-0.3, -0.25) is 20.0 Å². The molecule has 0 aliphatic rings. The van der Waals surface area contributed by atoms with Crippen molar-refractivity contribution in [2.75, 3.05) is 5.32 Å². The molecular weight excluding hydrogens is 315 g/mol. The highest BCUT2D eigenvalue weighted by atomic mass is 19.1. The summed E-state index contributed by atoms with van der Waals surface area (Å²) in [5, 5.41) is 19.8. The number of carbonyl (C=O) groups is 1. The monoisotopic (exact) mass is 326 g/mol. The van der Waals surface area contributed by atoms with Crippen molar-refractivity contribution in [1.29, 1.82) is 0 Å². The van der Waals surface area contributed by atoms with Gasteiger partial charge in [0, 0.05) is 17.3 Å². The quantitative estimate of drug-likeness (QED) is 0.567. The van der Waals surface area contributed by atoms with E-state index in [1.807, 2.05) is 30.3 Å². The minimum absolute atomic E-state index is 0.115. The third kappa shape index (κ3) is 3.12. The Hall–Kier alpha value is -3.55. The van der Waals surface area contributed by atoms with Crippen LogP contribution in [0.1, 0.15) is 10.5 Å². The Kier molecular flexibility index (Phi) is 4.02. The largest absolute Gasteiger partial charge is 0.320 e. The van der Waals surface area contributed by atoms with E-state index < -0.39 is 22.3 Å². The number of nitro benzene ring substituents is 1. The van der Waals surface area contributed by atoms with Crippen LogP contribution < -0.4 is 5.32 Å². The van der Waals surface area contributed by atoms with Crippen LogP contribution in [0.2, 0.25) is 0 Å². The van der Waals surface area contributed by atoms with Gasteiger partial charge in [-0.15, -0.1) is 0 Å². The maximum atomic E-state index is 13.3. The van der Waals surface area contributed by atoms with Gasteiger partial charge in [0.2, 0.25) is 5.82 Å². The smallest absolute Gasteiger partial charge is 0.306 e. The Morgan fingerprint density at radius 2 is 1.92 bits per heavy atom. The highest BCUT2D eigenvalue weighted by molar-refractivity contribution is 6.03. The molecule has 0 radical (unpaired) electrons. The Morgan fingerprint density at radius 3 is 2.62 bits per heavy atom. The van der Waals surface area contributed by atoms with Gasteiger partial charge in [-0.05, 0) is 18.2 Å². The lowest BCUT2D eigenvalue weighted by molar-refractivity contribution is -0.387. The number of benzene rings is 2. The molecular formula is C16H11FN4O3. The molecule has 8 heteroatoms. The number of carbonyl (C=O) groups excluding carboxylic acids is 1. The van der Waals surface area contributed by atoms with Crippen LogP contribution in [0.15, 0.2) is 54.6 Å². The Labute approximate surface area is 135 Å². The summed E-state index contributed by atoms with van der Waals surface area (Å²) in [5.41, 5.74) is 1.02. The van der Waals surface area contributed by atoms with E-state index in [9.17, 15) is 19.3 Å². The molecule has 0 aliphatic heterocycles. The van der Waals surface area contributed by atoms with Crippen molar-refractivity contribution < 1.29 is 14.1 Å². The van der Waals surface area contributed by atoms with E-state index in [4.69, 9.17) is 0 Å². The minimum Gasteiger partial charge on any atom is -0.320 e. The molecule has 0 aliphatic carbocycles. The third-order valence-electron chi connectivity index (χ3n) is 3.29. The SMILES string of the molecule is O=C(Nc1ccc(F)c([N+](=O)[O-])c1)c1cc(-c2ccccc2)n[nH]1. The second-order valence-corrected chi connectivity index (χ2v) is 4.91. The zero-order chi connectivity index (χ0) is 17.1. The van der Waals surface area contributed by atoms with Gasteiger partial charge in [0.1, 0.15) is 5.69 Å². The van der Waals surface area contributed by atoms with Crippen molar-refractivity contribution in [3.8, 4) is 11.3 Å². The van der Waals surface area contributed by atoms with E-state index in [1.165, 1.54) is 6.07 Å². The van der Waals surface area contributed by atoms with Crippen LogP contribution in [-0.4, -0.2) is 21.0 Å². The maximum absolute atomic E-state index is 13.3. The van der Waals surface area contributed by atoms with Crippen LogP contribution >= 0.6 is 0 Å². The molecule has 120 valence electrons. The molecule has 24 heavy (non-hydrogen) atoms. The number of hydrogen-bond donors (Lipinski definition) is 2. The third-order valence-corrected chi connectivity index (χ3v) is 3.29. The van der Waals surface area contributed by atoms with Crippen LogP contribution in [0.25, 0.3) is 11.3 Å². The minimum atomic E-state index is -0.967. The summed E-state index contributed by atoms with van der Waals surface area (Å²) in [6, 6.07) is 13.9. The summed E-state index contributed by atoms with van der Waals surface area (Å²) < 4.78 is 13.3. The second-order valence-electron chi connectivity index (χ2n) is 4.91. The average Bonchev–Trinajstić information content (AvgIpc) is 3.07. The van der Waals surface area contributed by atoms with Crippen molar-refractivity contribution >= 4 is 17.3 Å². The first-order valence-electron chi connectivity index (χ1n) is 6.91. The van der Waals surface area contributed by atoms with Crippen LogP contribution in [0.5, 0.6) is 0 Å². The van der Waals surface area contributed by atoms with E-state index in [0.717, 1.165) is 17.7 Å². The van der Waals surface area contributed by atoms with Crippen molar-refractivity contribution in [2.45, 2.75) is 0 Å². The predicted molar refractivity (Wildman–Crippen MR) is 85.0 cm³/mol. The van der Waals surface area contributed by atoms with Gasteiger partial charge < -0.3 is 5.32 Å². The van der Waals surface area contributed by atoms with Crippen LogP contribution in [0.3, 0.4) is 0 Å². The molecule has 0 saturated carbocycles. The Balaban J connectivity index is 1.80. The van der Waals surface area contributed by atoms with Gasteiger partial charge in [0.15, 0.2) is 0 Å². The van der Waals surface area contributed by atoms with Gasteiger partial charge in [-0.25, -0.2) is 0 Å². The van der Waals surface area contributed by atoms with Crippen LogP contribution in [0, 0.1) is 15.9 Å². The molecule has 0 spiro atoms. The van der Waals surface area contributed by atoms with Crippen molar-refractivity contribution in [1.82, 2.24) is 10.2 Å². The van der Waals surface area contributed by atoms with Crippen molar-refractivity contribution in [2.24, 2.45) is 0 Å². The Bertz CT molecular complexity index is 909. The highest BCUT2D eigenvalue weighted by Crippen LogP contribution is 2.22. The number of H-pyrrole nitrogens is 1. The summed E-state index contributed by atoms with van der Waals surface area (Å²) in [7, 11) is 0. The molecule has 0 atom stereocenters. The summed E-state index contributed by atoms with van der Waals surface area (Å²) in [4.78, 5) is 22.1. The van der Waals surface area contributed by atoms with E-state index in [2.05, 4.69) is 15.5 Å². The normalized spacial score (nSPS) is 10.4. The van der Waals surface area contributed by atoms with E-state index >= 15 is 0 Å². The Morgan fingerprint density at radius 1 is 1.17 bits per heavy atom. The molecule has 1 heterocycles. The molecule has 0 unspecified atom stereocenters. The molecule has 2 N–H and O–H groups in total. The van der Waals surface area contributed by atoms with Gasteiger partial charge in [0.25, 0.3) is 5.91 Å². The molecule has 1 aromatic heterocycles. The first-order chi connectivity index (χ1) is 11.5. The summed E-state index contributed by atoms with van der Waals surface area (Å²) in [6.07, 6.45) is 0. The molecule has 1 amide bonds. The number of hydrogen-bond acceptors (Lipinski definition) is 4. The van der Waals surface area contributed by atoms with Gasteiger partial charge in [-0.1, -0.05) is 30.3 Å². The number of aromatic amines is 1. The van der Waals surface area contributed by atoms with Gasteiger partial charge in [0.05, 0.1) is 10.6 Å². The van der Waals surface area contributed by atoms with Crippen LogP contribution in [-0.2, 0) is 0 Å². The molecule has 0 fully saturated rings.